The molecule has 18 aromatic rings. The molecule has 0 radical (unpaired) electrons. The van der Waals surface area contributed by atoms with Crippen molar-refractivity contribution in [1.29, 1.82) is 0 Å². The fraction of sp³-hybridized carbons (Fsp3) is 0.243. The summed E-state index contributed by atoms with van der Waals surface area (Å²) < 4.78 is 188. The van der Waals surface area contributed by atoms with Gasteiger partial charge in [-0.2, -0.15) is 0 Å². The Morgan fingerprint density at radius 2 is 0.448 bits per heavy atom. The summed E-state index contributed by atoms with van der Waals surface area (Å²) in [6.45, 7) is 11.0. The van der Waals surface area contributed by atoms with E-state index in [0.717, 1.165) is 200 Å². The highest BCUT2D eigenvalue weighted by molar-refractivity contribution is 7.93. The van der Waals surface area contributed by atoms with E-state index in [1.165, 1.54) is 111 Å². The lowest BCUT2D eigenvalue weighted by atomic mass is 10.1. The van der Waals surface area contributed by atoms with Crippen LogP contribution in [0.25, 0.3) is 65.4 Å². The molecule has 0 spiro atoms. The molecule has 3 N–H and O–H groups in total. The molecule has 0 atom stereocenters. The molecule has 34 heteroatoms. The summed E-state index contributed by atoms with van der Waals surface area (Å²) in [5.41, 5.74) is 20.9. The van der Waals surface area contributed by atoms with Gasteiger partial charge in [0.05, 0.1) is 58.7 Å². The molecule has 0 amide bonds. The third-order valence-electron chi connectivity index (χ3n) is 28.5. The molecule has 12 heterocycles. The average molecular weight is 2110 g/mol. The minimum atomic E-state index is -3.75. The number of hydrogen-bond donors (Lipinski definition) is 3. The first-order valence-corrected chi connectivity index (χ1v) is 57.3. The molecule has 0 unspecified atom stereocenters. The van der Waals surface area contributed by atoms with Gasteiger partial charge in [-0.25, -0.2) is 59.3 Å². The highest BCUT2D eigenvalue weighted by atomic mass is 35.5. The fourth-order valence-electron chi connectivity index (χ4n) is 20.6. The van der Waals surface area contributed by atoms with Gasteiger partial charge in [0.2, 0.25) is 59.0 Å². The lowest BCUT2D eigenvalue weighted by Crippen LogP contribution is -2.26. The van der Waals surface area contributed by atoms with E-state index in [2.05, 4.69) is 114 Å². The highest BCUT2D eigenvalue weighted by Crippen LogP contribution is 2.41. The van der Waals surface area contributed by atoms with E-state index >= 15 is 0 Å². The average Bonchev–Trinajstić information content (AvgIpc) is 1.60. The van der Waals surface area contributed by atoms with Crippen LogP contribution in [0.15, 0.2) is 326 Å². The van der Waals surface area contributed by atoms with E-state index in [9.17, 15) is 59.3 Å². The zero-order valence-electron chi connectivity index (χ0n) is 81.5. The normalized spacial score (nSPS) is 15.6. The Labute approximate surface area is 853 Å². The molecule has 0 aliphatic carbocycles. The summed E-state index contributed by atoms with van der Waals surface area (Å²) in [5.74, 6) is -1.11. The van der Waals surface area contributed by atoms with Gasteiger partial charge in [-0.3, -0.25) is 0 Å². The first-order valence-electron chi connectivity index (χ1n) is 47.6. The lowest BCUT2D eigenvalue weighted by molar-refractivity contribution is 0.310. The van der Waals surface area contributed by atoms with Crippen LogP contribution in [0.2, 0.25) is 10.0 Å². The largest absolute Gasteiger partial charge is 0.358 e. The Morgan fingerprint density at radius 1 is 0.228 bits per heavy atom. The van der Waals surface area contributed by atoms with Crippen LogP contribution < -0.4 is 0 Å². The van der Waals surface area contributed by atoms with Crippen molar-refractivity contribution in [3.8, 4) is 0 Å². The predicted octanol–water partition coefficient (Wildman–Crippen LogP) is 19.5. The number of sulfone groups is 6. The van der Waals surface area contributed by atoms with E-state index in [0.29, 0.717) is 39.4 Å². The summed E-state index contributed by atoms with van der Waals surface area (Å²) in [6, 6.07) is 72.1. The molecule has 24 nitrogen and oxygen atoms in total. The van der Waals surface area contributed by atoms with Gasteiger partial charge in [0, 0.05) is 248 Å². The number of nitrogens with zero attached hydrogens (tertiary/aromatic N) is 9. The molecule has 6 aliphatic heterocycles. The number of halogens is 4. The Balaban J connectivity index is 0.000000110. The van der Waals surface area contributed by atoms with E-state index in [-0.39, 0.29) is 29.4 Å². The summed E-state index contributed by atoms with van der Waals surface area (Å²) >= 11 is 11.9. The van der Waals surface area contributed by atoms with E-state index in [1.54, 1.807) is 146 Å². The Morgan fingerprint density at radius 3 is 0.717 bits per heavy atom. The van der Waals surface area contributed by atoms with Crippen LogP contribution in [-0.2, 0) is 158 Å². The number of fused-ring (bicyclic) bond motifs is 18. The maximum Gasteiger partial charge on any atom is 0.206 e. The second-order valence-corrected chi connectivity index (χ2v) is 50.8. The van der Waals surface area contributed by atoms with E-state index in [4.69, 9.17) is 23.2 Å². The monoisotopic (exact) mass is 2100 g/mol. The van der Waals surface area contributed by atoms with Crippen molar-refractivity contribution in [2.75, 3.05) is 81.6 Å². The fourth-order valence-corrected chi connectivity index (χ4v) is 29.0. The number of aromatic nitrogens is 6. The van der Waals surface area contributed by atoms with E-state index < -0.39 is 70.7 Å². The molecule has 6 aliphatic rings. The van der Waals surface area contributed by atoms with Crippen LogP contribution >= 0.6 is 23.2 Å². The van der Waals surface area contributed by atoms with Gasteiger partial charge in [0.15, 0.2) is 0 Å². The first-order chi connectivity index (χ1) is 69.2. The SMILES string of the molecule is CN1CCc2[nH]c3ccc(S(=O)(=O)c4cccc(Cl)c4)cc3c2C1.CN1CCc2[nH]c3ccc(S(=O)(=O)c4cccc(F)c4)cc3c2C1.CN1CCc2[nH]c3ccc(S(=O)(=O)c4ccccc4)cc3c2C1.CN1CCc2c(c3cc(S(=O)(=O)c4cccc(Cl)c4)ccc3n2C)C1.CN1CCc2c(c3cc(S(=O)(=O)c4cccc(F)c4)ccc3n2C)C1.CN1CCc2c(c3cc(S(=O)(=O)c4ccccc4)ccc3n2C)C1. The maximum atomic E-state index is 13.5. The summed E-state index contributed by atoms with van der Waals surface area (Å²) in [4.78, 5) is 26.5. The number of benzene rings is 12. The van der Waals surface area contributed by atoms with Crippen molar-refractivity contribution >= 4 is 148 Å². The Kier molecular flexibility index (Phi) is 28.4. The minimum absolute atomic E-state index is 0.0197. The molecule has 750 valence electrons. The van der Waals surface area contributed by atoms with Crippen LogP contribution in [0.4, 0.5) is 8.78 Å². The standard InChI is InChI=1S/C19H19ClN2O2S.C19H19FN2O2S.C19H20N2O2S.C18H17ClN2O2S.C18H17FN2O2S.C18H18N2O2S/c2*1-21-9-8-19-17(12-21)16-11-15(6-7-18(16)22(19)2)25(23,24)14-5-3-4-13(20)10-14;1-20-11-10-19-17(13-20)16-12-15(8-9-18(16)21(19)2)24(22,23)14-6-4-3-5-7-14;2*1-21-8-7-18-16(11-21)15-10-14(5-6-17(15)20-18)24(22,23)13-4-2-3-12(19)9-13;1-20-10-9-18-16(12-20)15-11-14(7-8-17(15)19-18)23(21,22)13-5-3-2-4-6-13/h2*3-7,10-11H,8-9,12H2,1-2H3;3-9,12H,10-11,13H2,1-2H3;2*2-6,9-10,20H,7-8,11H2,1H3;2-8,11,19H,9-10,12H2,1H3. The number of H-pyrrole nitrogens is 3. The van der Waals surface area contributed by atoms with Gasteiger partial charge < -0.3 is 58.1 Å². The zero-order valence-corrected chi connectivity index (χ0v) is 87.9. The zero-order chi connectivity index (χ0) is 102. The molecule has 6 aromatic heterocycles. The van der Waals surface area contributed by atoms with Gasteiger partial charge in [0.1, 0.15) is 11.6 Å². The molecule has 0 fully saturated rings. The predicted molar refractivity (Wildman–Crippen MR) is 565 cm³/mol. The smallest absolute Gasteiger partial charge is 0.206 e. The second kappa shape index (κ2) is 40.5. The lowest BCUT2D eigenvalue weighted by Gasteiger charge is -2.23. The molecular weight excluding hydrogens is 1990 g/mol. The number of aromatic amines is 3. The highest BCUT2D eigenvalue weighted by Gasteiger charge is 2.33. The van der Waals surface area contributed by atoms with Crippen molar-refractivity contribution in [2.45, 2.75) is 137 Å². The van der Waals surface area contributed by atoms with Crippen molar-refractivity contribution in [3.05, 3.63) is 356 Å². The third kappa shape index (κ3) is 20.2. The van der Waals surface area contributed by atoms with Crippen LogP contribution in [0, 0.1) is 11.6 Å². The van der Waals surface area contributed by atoms with Gasteiger partial charge in [-0.15, -0.1) is 0 Å². The number of aryl methyl sites for hydroxylation is 3. The molecule has 12 aromatic carbocycles. The molecule has 0 saturated heterocycles. The number of nitrogens with one attached hydrogen (secondary N) is 3. The minimum Gasteiger partial charge on any atom is -0.358 e. The Bertz CT molecular complexity index is 8550. The van der Waals surface area contributed by atoms with Gasteiger partial charge >= 0.3 is 0 Å². The van der Waals surface area contributed by atoms with Crippen LogP contribution in [-0.4, -0.2) is 190 Å². The van der Waals surface area contributed by atoms with Crippen molar-refractivity contribution < 1.29 is 59.3 Å². The Hall–Kier alpha value is -12.2. The topological polar surface area (TPSA) is 286 Å². The summed E-state index contributed by atoms with van der Waals surface area (Å²) in [6.07, 6.45) is 5.78. The van der Waals surface area contributed by atoms with Crippen molar-refractivity contribution in [2.24, 2.45) is 21.1 Å². The molecule has 145 heavy (non-hydrogen) atoms. The van der Waals surface area contributed by atoms with Gasteiger partial charge in [-0.05, 0) is 282 Å². The number of likely N-dealkylation sites (N-methyl/N-ethyl adjacent to an activating group) is 6. The van der Waals surface area contributed by atoms with Crippen LogP contribution in [0.5, 0.6) is 0 Å². The molecule has 24 rings (SSSR count). The van der Waals surface area contributed by atoms with Crippen LogP contribution in [0.1, 0.15) is 67.5 Å². The molecule has 0 saturated carbocycles. The summed E-state index contributed by atoms with van der Waals surface area (Å²) in [7, 11) is -3.00. The maximum absolute atomic E-state index is 13.5. The first kappa shape index (κ1) is 101. The second-order valence-electron chi connectivity index (χ2n) is 38.3. The molecular formula is C111H110Cl2F2N12O12S6. The van der Waals surface area contributed by atoms with E-state index in [1.807, 2.05) is 67.7 Å². The third-order valence-corrected chi connectivity index (χ3v) is 39.5. The van der Waals surface area contributed by atoms with Gasteiger partial charge in [0.25, 0.3) is 0 Å². The van der Waals surface area contributed by atoms with Crippen LogP contribution in [0.3, 0.4) is 0 Å². The molecule has 0 bridgehead atoms. The van der Waals surface area contributed by atoms with Crippen molar-refractivity contribution in [1.82, 2.24) is 58.1 Å². The van der Waals surface area contributed by atoms with Crippen molar-refractivity contribution in [3.63, 3.8) is 0 Å². The quantitative estimate of drug-likeness (QED) is 0.102. The van der Waals surface area contributed by atoms with Gasteiger partial charge in [-0.1, -0.05) is 83.9 Å². The summed E-state index contributed by atoms with van der Waals surface area (Å²) in [5, 5.41) is 6.79. The number of hydrogen-bond acceptors (Lipinski definition) is 18. The number of rotatable bonds is 12.